The number of benzene rings is 1. The zero-order valence-corrected chi connectivity index (χ0v) is 9.55. The average molecular weight is 225 g/mol. The fourth-order valence-corrected chi connectivity index (χ4v) is 1.43. The van der Waals surface area contributed by atoms with Crippen molar-refractivity contribution in [3.63, 3.8) is 0 Å². The average Bonchev–Trinajstić information content (AvgIpc) is 2.26. The van der Waals surface area contributed by atoms with Gasteiger partial charge < -0.3 is 10.1 Å². The van der Waals surface area contributed by atoms with Gasteiger partial charge in [0, 0.05) is 0 Å². The SMILES string of the molecule is COC(=O)CNCCc1ccc(F)cc1C. The molecule has 0 fully saturated rings. The van der Waals surface area contributed by atoms with Crippen molar-refractivity contribution >= 4 is 5.97 Å². The Morgan fingerprint density at radius 2 is 2.25 bits per heavy atom. The van der Waals surface area contributed by atoms with Gasteiger partial charge in [0.25, 0.3) is 0 Å². The number of ether oxygens (including phenoxy) is 1. The molecule has 0 radical (unpaired) electrons. The van der Waals surface area contributed by atoms with Gasteiger partial charge in [-0.05, 0) is 43.1 Å². The zero-order valence-electron chi connectivity index (χ0n) is 9.55. The van der Waals surface area contributed by atoms with Crippen molar-refractivity contribution in [2.24, 2.45) is 0 Å². The maximum atomic E-state index is 12.8. The molecule has 0 atom stereocenters. The second-order valence-electron chi connectivity index (χ2n) is 3.57. The zero-order chi connectivity index (χ0) is 12.0. The Morgan fingerprint density at radius 1 is 1.50 bits per heavy atom. The Morgan fingerprint density at radius 3 is 2.88 bits per heavy atom. The third-order valence-corrected chi connectivity index (χ3v) is 2.37. The summed E-state index contributed by atoms with van der Waals surface area (Å²) in [5.74, 6) is -0.500. The van der Waals surface area contributed by atoms with Gasteiger partial charge in [0.15, 0.2) is 0 Å². The van der Waals surface area contributed by atoms with E-state index in [1.165, 1.54) is 19.2 Å². The second-order valence-corrected chi connectivity index (χ2v) is 3.57. The molecule has 0 aliphatic carbocycles. The maximum absolute atomic E-state index is 12.8. The van der Waals surface area contributed by atoms with Crippen LogP contribution in [0.25, 0.3) is 0 Å². The molecule has 1 aromatic carbocycles. The van der Waals surface area contributed by atoms with Crippen LogP contribution in [0.1, 0.15) is 11.1 Å². The van der Waals surface area contributed by atoms with Crippen LogP contribution in [0.2, 0.25) is 0 Å². The largest absolute Gasteiger partial charge is 0.468 e. The predicted molar refractivity (Wildman–Crippen MR) is 59.7 cm³/mol. The van der Waals surface area contributed by atoms with Crippen LogP contribution in [-0.2, 0) is 16.0 Å². The number of methoxy groups -OCH3 is 1. The molecule has 1 aromatic rings. The first-order valence-corrected chi connectivity index (χ1v) is 5.16. The fourth-order valence-electron chi connectivity index (χ4n) is 1.43. The Labute approximate surface area is 94.6 Å². The van der Waals surface area contributed by atoms with Gasteiger partial charge in [-0.2, -0.15) is 0 Å². The maximum Gasteiger partial charge on any atom is 0.319 e. The molecule has 0 spiro atoms. The molecule has 0 bridgehead atoms. The van der Waals surface area contributed by atoms with Crippen LogP contribution >= 0.6 is 0 Å². The van der Waals surface area contributed by atoms with Crippen molar-refractivity contribution in [2.75, 3.05) is 20.2 Å². The quantitative estimate of drug-likeness (QED) is 0.608. The molecule has 0 saturated heterocycles. The fraction of sp³-hybridized carbons (Fsp3) is 0.417. The predicted octanol–water partition coefficient (Wildman–Crippen LogP) is 1.44. The molecule has 4 heteroatoms. The highest BCUT2D eigenvalue weighted by Gasteiger charge is 2.01. The van der Waals surface area contributed by atoms with Crippen LogP contribution in [0.4, 0.5) is 4.39 Å². The number of carbonyl (C=O) groups excluding carboxylic acids is 1. The van der Waals surface area contributed by atoms with E-state index in [1.54, 1.807) is 6.07 Å². The van der Waals surface area contributed by atoms with E-state index in [-0.39, 0.29) is 18.3 Å². The lowest BCUT2D eigenvalue weighted by molar-refractivity contribution is -0.139. The molecule has 0 amide bonds. The number of esters is 1. The lowest BCUT2D eigenvalue weighted by Gasteiger charge is -2.06. The van der Waals surface area contributed by atoms with Gasteiger partial charge in [-0.25, -0.2) is 4.39 Å². The Hall–Kier alpha value is -1.42. The Bertz CT molecular complexity index is 366. The van der Waals surface area contributed by atoms with E-state index in [9.17, 15) is 9.18 Å². The summed E-state index contributed by atoms with van der Waals surface area (Å²) in [5.41, 5.74) is 2.01. The number of hydrogen-bond acceptors (Lipinski definition) is 3. The minimum absolute atomic E-state index is 0.205. The summed E-state index contributed by atoms with van der Waals surface area (Å²) < 4.78 is 17.3. The highest BCUT2D eigenvalue weighted by Crippen LogP contribution is 2.10. The van der Waals surface area contributed by atoms with Crippen molar-refractivity contribution in [3.8, 4) is 0 Å². The number of halogens is 1. The van der Waals surface area contributed by atoms with Crippen LogP contribution in [0.15, 0.2) is 18.2 Å². The molecule has 1 rings (SSSR count). The van der Waals surface area contributed by atoms with E-state index in [4.69, 9.17) is 0 Å². The molecule has 88 valence electrons. The Kier molecular flexibility index (Phi) is 4.92. The standard InChI is InChI=1S/C12H16FNO2/c1-9-7-11(13)4-3-10(9)5-6-14-8-12(15)16-2/h3-4,7,14H,5-6,8H2,1-2H3. The first-order valence-electron chi connectivity index (χ1n) is 5.16. The Balaban J connectivity index is 2.35. The van der Waals surface area contributed by atoms with Gasteiger partial charge in [-0.1, -0.05) is 6.07 Å². The summed E-state index contributed by atoms with van der Waals surface area (Å²) in [6.07, 6.45) is 0.767. The van der Waals surface area contributed by atoms with E-state index in [1.807, 2.05) is 6.92 Å². The molecule has 1 N–H and O–H groups in total. The molecular formula is C12H16FNO2. The van der Waals surface area contributed by atoms with E-state index in [0.717, 1.165) is 17.5 Å². The summed E-state index contributed by atoms with van der Waals surface area (Å²) in [6, 6.07) is 4.72. The van der Waals surface area contributed by atoms with Crippen LogP contribution < -0.4 is 5.32 Å². The molecular weight excluding hydrogens is 209 g/mol. The lowest BCUT2D eigenvalue weighted by atomic mass is 10.1. The summed E-state index contributed by atoms with van der Waals surface area (Å²) in [6.45, 7) is 2.75. The monoisotopic (exact) mass is 225 g/mol. The summed E-state index contributed by atoms with van der Waals surface area (Å²) >= 11 is 0. The highest BCUT2D eigenvalue weighted by atomic mass is 19.1. The second kappa shape index (κ2) is 6.23. The minimum atomic E-state index is -0.282. The third-order valence-electron chi connectivity index (χ3n) is 2.37. The van der Waals surface area contributed by atoms with E-state index >= 15 is 0 Å². The first-order chi connectivity index (χ1) is 7.63. The first kappa shape index (κ1) is 12.6. The summed E-state index contributed by atoms with van der Waals surface area (Å²) in [5, 5.41) is 2.96. The van der Waals surface area contributed by atoms with Crippen LogP contribution in [0.3, 0.4) is 0 Å². The third kappa shape index (κ3) is 3.98. The van der Waals surface area contributed by atoms with E-state index in [0.29, 0.717) is 6.54 Å². The van der Waals surface area contributed by atoms with Crippen LogP contribution in [0.5, 0.6) is 0 Å². The molecule has 0 aliphatic heterocycles. The van der Waals surface area contributed by atoms with Gasteiger partial charge in [-0.3, -0.25) is 4.79 Å². The van der Waals surface area contributed by atoms with E-state index in [2.05, 4.69) is 10.1 Å². The van der Waals surface area contributed by atoms with Crippen LogP contribution in [0, 0.1) is 12.7 Å². The molecule has 0 aromatic heterocycles. The van der Waals surface area contributed by atoms with Gasteiger partial charge in [0.2, 0.25) is 0 Å². The molecule has 0 saturated carbocycles. The van der Waals surface area contributed by atoms with Crippen molar-refractivity contribution in [2.45, 2.75) is 13.3 Å². The van der Waals surface area contributed by atoms with Crippen LogP contribution in [-0.4, -0.2) is 26.2 Å². The smallest absolute Gasteiger partial charge is 0.319 e. The van der Waals surface area contributed by atoms with Crippen molar-refractivity contribution < 1.29 is 13.9 Å². The van der Waals surface area contributed by atoms with Gasteiger partial charge in [0.1, 0.15) is 5.82 Å². The van der Waals surface area contributed by atoms with Gasteiger partial charge in [-0.15, -0.1) is 0 Å². The molecule has 16 heavy (non-hydrogen) atoms. The lowest BCUT2D eigenvalue weighted by Crippen LogP contribution is -2.25. The van der Waals surface area contributed by atoms with Gasteiger partial charge >= 0.3 is 5.97 Å². The molecule has 3 nitrogen and oxygen atoms in total. The summed E-state index contributed by atoms with van der Waals surface area (Å²) in [4.78, 5) is 10.8. The topological polar surface area (TPSA) is 38.3 Å². The number of rotatable bonds is 5. The minimum Gasteiger partial charge on any atom is -0.468 e. The van der Waals surface area contributed by atoms with Gasteiger partial charge in [0.05, 0.1) is 13.7 Å². The molecule has 0 heterocycles. The van der Waals surface area contributed by atoms with Crippen molar-refractivity contribution in [1.82, 2.24) is 5.32 Å². The molecule has 0 aliphatic rings. The van der Waals surface area contributed by atoms with E-state index < -0.39 is 0 Å². The highest BCUT2D eigenvalue weighted by molar-refractivity contribution is 5.71. The van der Waals surface area contributed by atoms with Crippen molar-refractivity contribution in [1.29, 1.82) is 0 Å². The normalized spacial score (nSPS) is 10.2. The number of nitrogens with one attached hydrogen (secondary N) is 1. The van der Waals surface area contributed by atoms with Crippen molar-refractivity contribution in [3.05, 3.63) is 35.1 Å². The number of aryl methyl sites for hydroxylation is 1. The molecule has 0 unspecified atom stereocenters. The number of hydrogen-bond donors (Lipinski definition) is 1. The summed E-state index contributed by atoms with van der Waals surface area (Å²) in [7, 11) is 1.36. The number of carbonyl (C=O) groups is 1.